The van der Waals surface area contributed by atoms with E-state index in [1.807, 2.05) is 13.8 Å². The van der Waals surface area contributed by atoms with Gasteiger partial charge in [-0.25, -0.2) is 4.39 Å². The molecule has 2 aromatic rings. The lowest BCUT2D eigenvalue weighted by molar-refractivity contribution is 0.222. The maximum atomic E-state index is 13.2. The summed E-state index contributed by atoms with van der Waals surface area (Å²) >= 11 is 7.08. The molecule has 3 nitrogen and oxygen atoms in total. The fourth-order valence-corrected chi connectivity index (χ4v) is 2.69. The predicted molar refractivity (Wildman–Crippen MR) is 69.5 cm³/mol. The quantitative estimate of drug-likeness (QED) is 0.939. The van der Waals surface area contributed by atoms with E-state index in [1.54, 1.807) is 0 Å². The van der Waals surface area contributed by atoms with E-state index < -0.39 is 11.9 Å². The van der Waals surface area contributed by atoms with Gasteiger partial charge in [-0.15, -0.1) is 5.10 Å². The van der Waals surface area contributed by atoms with Crippen molar-refractivity contribution < 1.29 is 9.50 Å². The lowest BCUT2D eigenvalue weighted by atomic mass is 10.0. The van der Waals surface area contributed by atoms with Crippen LogP contribution in [0.3, 0.4) is 0 Å². The van der Waals surface area contributed by atoms with Crippen LogP contribution in [0.2, 0.25) is 5.02 Å². The molecule has 0 amide bonds. The van der Waals surface area contributed by atoms with Gasteiger partial charge in [0.15, 0.2) is 0 Å². The first kappa shape index (κ1) is 13.4. The van der Waals surface area contributed by atoms with Crippen molar-refractivity contribution in [3.05, 3.63) is 45.2 Å². The van der Waals surface area contributed by atoms with Gasteiger partial charge in [-0.05, 0) is 35.6 Å². The van der Waals surface area contributed by atoms with Crippen molar-refractivity contribution in [3.8, 4) is 0 Å². The van der Waals surface area contributed by atoms with Crippen molar-refractivity contribution in [2.24, 2.45) is 0 Å². The molecular formula is C12H12ClFN2OS. The van der Waals surface area contributed by atoms with Gasteiger partial charge in [0.25, 0.3) is 0 Å². The summed E-state index contributed by atoms with van der Waals surface area (Å²) in [5.41, 5.74) is 1.05. The highest BCUT2D eigenvalue weighted by Gasteiger charge is 2.22. The Kier molecular flexibility index (Phi) is 3.94. The molecule has 1 unspecified atom stereocenters. The zero-order valence-corrected chi connectivity index (χ0v) is 11.5. The Bertz CT molecular complexity index is 559. The number of hydrogen-bond donors (Lipinski definition) is 1. The van der Waals surface area contributed by atoms with E-state index >= 15 is 0 Å². The van der Waals surface area contributed by atoms with Gasteiger partial charge in [0, 0.05) is 10.6 Å². The van der Waals surface area contributed by atoms with Crippen LogP contribution in [0.15, 0.2) is 18.2 Å². The number of nitrogens with zero attached hydrogens (tertiary/aromatic N) is 2. The molecule has 0 spiro atoms. The molecule has 1 aromatic heterocycles. The largest absolute Gasteiger partial charge is 0.383 e. The van der Waals surface area contributed by atoms with Crippen LogP contribution in [0, 0.1) is 5.82 Å². The second kappa shape index (κ2) is 5.30. The molecule has 0 aliphatic rings. The Morgan fingerprint density at radius 2 is 2.11 bits per heavy atom. The zero-order valence-electron chi connectivity index (χ0n) is 9.89. The molecule has 1 heterocycles. The number of aromatic nitrogens is 2. The highest BCUT2D eigenvalue weighted by molar-refractivity contribution is 7.05. The monoisotopic (exact) mass is 286 g/mol. The van der Waals surface area contributed by atoms with Gasteiger partial charge in [-0.1, -0.05) is 29.9 Å². The molecule has 0 saturated heterocycles. The minimum absolute atomic E-state index is 0.140. The topological polar surface area (TPSA) is 46.0 Å². The summed E-state index contributed by atoms with van der Waals surface area (Å²) in [6, 6.07) is 3.92. The van der Waals surface area contributed by atoms with Crippen molar-refractivity contribution >= 4 is 23.1 Å². The second-order valence-electron chi connectivity index (χ2n) is 4.25. The van der Waals surface area contributed by atoms with Gasteiger partial charge in [0.1, 0.15) is 11.9 Å². The first-order valence-corrected chi connectivity index (χ1v) is 6.61. The molecule has 0 aliphatic heterocycles. The number of aliphatic hydroxyl groups is 1. The van der Waals surface area contributed by atoms with Gasteiger partial charge in [-0.2, -0.15) is 0 Å². The lowest BCUT2D eigenvalue weighted by Crippen LogP contribution is -2.03. The molecule has 18 heavy (non-hydrogen) atoms. The van der Waals surface area contributed by atoms with Crippen molar-refractivity contribution in [2.45, 2.75) is 25.9 Å². The van der Waals surface area contributed by atoms with E-state index in [4.69, 9.17) is 11.6 Å². The molecule has 1 atom stereocenters. The van der Waals surface area contributed by atoms with Crippen LogP contribution in [0.5, 0.6) is 0 Å². The summed E-state index contributed by atoms with van der Waals surface area (Å²) in [7, 11) is 0. The fourth-order valence-electron chi connectivity index (χ4n) is 1.66. The Hall–Kier alpha value is -1.04. The SMILES string of the molecule is CC(C)c1nnsc1C(O)c1cc(F)ccc1Cl. The first-order valence-electron chi connectivity index (χ1n) is 5.46. The van der Waals surface area contributed by atoms with Crippen LogP contribution in [-0.4, -0.2) is 14.7 Å². The highest BCUT2D eigenvalue weighted by Crippen LogP contribution is 2.34. The zero-order chi connectivity index (χ0) is 13.3. The van der Waals surface area contributed by atoms with E-state index in [2.05, 4.69) is 9.59 Å². The Morgan fingerprint density at radius 1 is 1.39 bits per heavy atom. The molecule has 0 fully saturated rings. The van der Waals surface area contributed by atoms with Crippen LogP contribution in [0.4, 0.5) is 4.39 Å². The third-order valence-electron chi connectivity index (χ3n) is 2.59. The molecule has 0 radical (unpaired) electrons. The summed E-state index contributed by atoms with van der Waals surface area (Å²) in [5, 5.41) is 14.6. The van der Waals surface area contributed by atoms with Crippen molar-refractivity contribution in [2.75, 3.05) is 0 Å². The predicted octanol–water partition coefficient (Wildman–Crippen LogP) is 3.54. The summed E-state index contributed by atoms with van der Waals surface area (Å²) in [6.45, 7) is 3.92. The van der Waals surface area contributed by atoms with Crippen LogP contribution < -0.4 is 0 Å². The number of benzene rings is 1. The van der Waals surface area contributed by atoms with Gasteiger partial charge < -0.3 is 5.11 Å². The van der Waals surface area contributed by atoms with Crippen molar-refractivity contribution in [1.82, 2.24) is 9.59 Å². The van der Waals surface area contributed by atoms with E-state index in [9.17, 15) is 9.50 Å². The normalized spacial score (nSPS) is 13.0. The van der Waals surface area contributed by atoms with E-state index in [1.165, 1.54) is 18.2 Å². The average Bonchev–Trinajstić information content (AvgIpc) is 2.80. The molecular weight excluding hydrogens is 275 g/mol. The van der Waals surface area contributed by atoms with Crippen molar-refractivity contribution in [1.29, 1.82) is 0 Å². The summed E-state index contributed by atoms with van der Waals surface area (Å²) in [5.74, 6) is -0.294. The molecule has 0 bridgehead atoms. The molecule has 0 aliphatic carbocycles. The Morgan fingerprint density at radius 3 is 2.78 bits per heavy atom. The molecule has 0 saturated carbocycles. The van der Waals surface area contributed by atoms with Gasteiger partial charge in [-0.3, -0.25) is 0 Å². The number of rotatable bonds is 3. The van der Waals surface area contributed by atoms with Crippen LogP contribution in [0.25, 0.3) is 0 Å². The minimum atomic E-state index is -0.995. The average molecular weight is 287 g/mol. The number of halogens is 2. The van der Waals surface area contributed by atoms with E-state index in [0.717, 1.165) is 11.5 Å². The van der Waals surface area contributed by atoms with Crippen LogP contribution in [-0.2, 0) is 0 Å². The van der Waals surface area contributed by atoms with Crippen LogP contribution in [0.1, 0.15) is 42.0 Å². The number of hydrogen-bond acceptors (Lipinski definition) is 4. The molecule has 96 valence electrons. The second-order valence-corrected chi connectivity index (χ2v) is 5.44. The summed E-state index contributed by atoms with van der Waals surface area (Å²) < 4.78 is 17.0. The minimum Gasteiger partial charge on any atom is -0.383 e. The van der Waals surface area contributed by atoms with Crippen LogP contribution >= 0.6 is 23.1 Å². The number of aliphatic hydroxyl groups excluding tert-OH is 1. The summed E-state index contributed by atoms with van der Waals surface area (Å²) in [6.07, 6.45) is -0.995. The Balaban J connectivity index is 2.44. The maximum Gasteiger partial charge on any atom is 0.123 e. The third-order valence-corrected chi connectivity index (χ3v) is 3.72. The molecule has 2 rings (SSSR count). The maximum absolute atomic E-state index is 13.2. The van der Waals surface area contributed by atoms with Gasteiger partial charge in [0.05, 0.1) is 10.6 Å². The lowest BCUT2D eigenvalue weighted by Gasteiger charge is -2.13. The smallest absolute Gasteiger partial charge is 0.123 e. The first-order chi connectivity index (χ1) is 8.50. The standard InChI is InChI=1S/C12H12ClFN2OS/c1-6(2)10-12(18-16-15-10)11(17)8-5-7(14)3-4-9(8)13/h3-6,11,17H,1-2H3. The van der Waals surface area contributed by atoms with Gasteiger partial charge in [0.2, 0.25) is 0 Å². The summed E-state index contributed by atoms with van der Waals surface area (Å²) in [4.78, 5) is 0.609. The van der Waals surface area contributed by atoms with E-state index in [-0.39, 0.29) is 5.92 Å². The molecule has 6 heteroatoms. The highest BCUT2D eigenvalue weighted by atomic mass is 35.5. The van der Waals surface area contributed by atoms with Crippen molar-refractivity contribution in [3.63, 3.8) is 0 Å². The Labute approximate surface area is 113 Å². The third kappa shape index (κ3) is 2.53. The fraction of sp³-hybridized carbons (Fsp3) is 0.333. The molecule has 1 aromatic carbocycles. The molecule has 1 N–H and O–H groups in total. The van der Waals surface area contributed by atoms with Gasteiger partial charge >= 0.3 is 0 Å². The van der Waals surface area contributed by atoms with E-state index in [0.29, 0.717) is 21.2 Å².